The minimum Gasteiger partial charge on any atom is -0.364 e. The molecule has 1 aromatic carbocycles. The van der Waals surface area contributed by atoms with Gasteiger partial charge in [-0.25, -0.2) is 0 Å². The average Bonchev–Trinajstić information content (AvgIpc) is 2.38. The van der Waals surface area contributed by atoms with Crippen LogP contribution in [0.15, 0.2) is 42.0 Å². The number of rotatable bonds is 4. The van der Waals surface area contributed by atoms with Crippen LogP contribution in [0.2, 0.25) is 0 Å². The van der Waals surface area contributed by atoms with Crippen LogP contribution < -0.4 is 4.90 Å². The highest BCUT2D eigenvalue weighted by atomic mass is 15.2. The molecule has 1 aliphatic heterocycles. The third kappa shape index (κ3) is 3.12. The summed E-state index contributed by atoms with van der Waals surface area (Å²) in [6, 6.07) is 11.5. The van der Waals surface area contributed by atoms with E-state index >= 15 is 0 Å². The Balaban J connectivity index is 2.13. The van der Waals surface area contributed by atoms with E-state index < -0.39 is 0 Å². The Bertz CT molecular complexity index is 366. The van der Waals surface area contributed by atoms with E-state index in [9.17, 15) is 0 Å². The van der Waals surface area contributed by atoms with E-state index in [0.29, 0.717) is 6.04 Å². The molecule has 1 aliphatic rings. The molecule has 0 fully saturated rings. The highest BCUT2D eigenvalue weighted by Gasteiger charge is 2.21. The quantitative estimate of drug-likeness (QED) is 0.692. The summed E-state index contributed by atoms with van der Waals surface area (Å²) in [5, 5.41) is 0. The first-order valence-electron chi connectivity index (χ1n) is 6.78. The number of anilines is 1. The van der Waals surface area contributed by atoms with E-state index in [0.717, 1.165) is 6.54 Å². The van der Waals surface area contributed by atoms with Gasteiger partial charge in [-0.3, -0.25) is 0 Å². The van der Waals surface area contributed by atoms with Gasteiger partial charge in [0.05, 0.1) is 0 Å². The first-order valence-corrected chi connectivity index (χ1v) is 6.78. The number of para-hydroxylation sites is 1. The van der Waals surface area contributed by atoms with Crippen LogP contribution >= 0.6 is 0 Å². The van der Waals surface area contributed by atoms with Crippen LogP contribution in [0, 0.1) is 0 Å². The first-order chi connectivity index (χ1) is 8.31. The fourth-order valence-corrected chi connectivity index (χ4v) is 2.56. The van der Waals surface area contributed by atoms with Crippen molar-refractivity contribution < 1.29 is 0 Å². The Morgan fingerprint density at radius 3 is 2.71 bits per heavy atom. The summed E-state index contributed by atoms with van der Waals surface area (Å²) in [5.41, 5.74) is 2.88. The van der Waals surface area contributed by atoms with Gasteiger partial charge in [0.1, 0.15) is 0 Å². The molecule has 0 spiro atoms. The molecule has 1 heteroatoms. The number of hydrogen-bond donors (Lipinski definition) is 0. The summed E-state index contributed by atoms with van der Waals surface area (Å²) < 4.78 is 0. The lowest BCUT2D eigenvalue weighted by Gasteiger charge is -2.37. The zero-order valence-electron chi connectivity index (χ0n) is 11.0. The van der Waals surface area contributed by atoms with Gasteiger partial charge < -0.3 is 4.90 Å². The molecule has 17 heavy (non-hydrogen) atoms. The van der Waals surface area contributed by atoms with E-state index in [1.807, 2.05) is 0 Å². The van der Waals surface area contributed by atoms with Crippen molar-refractivity contribution >= 4 is 5.69 Å². The molecule has 1 atom stereocenters. The summed E-state index contributed by atoms with van der Waals surface area (Å²) in [6.07, 6.45) is 7.57. The number of nitrogens with zero attached hydrogens (tertiary/aromatic N) is 1. The number of hydrogen-bond acceptors (Lipinski definition) is 1. The molecular weight excluding hydrogens is 206 g/mol. The normalized spacial score (nSPS) is 20.2. The molecular formula is C16H23N. The fraction of sp³-hybridized carbons (Fsp3) is 0.500. The van der Waals surface area contributed by atoms with Crippen molar-refractivity contribution in [1.29, 1.82) is 0 Å². The van der Waals surface area contributed by atoms with E-state index in [-0.39, 0.29) is 0 Å². The Labute approximate surface area is 105 Å². The van der Waals surface area contributed by atoms with Crippen molar-refractivity contribution in [1.82, 2.24) is 0 Å². The van der Waals surface area contributed by atoms with Crippen LogP contribution in [0.25, 0.3) is 0 Å². The van der Waals surface area contributed by atoms with Gasteiger partial charge in [0.2, 0.25) is 0 Å². The highest BCUT2D eigenvalue weighted by Crippen LogP contribution is 2.26. The third-order valence-corrected chi connectivity index (χ3v) is 3.58. The minimum atomic E-state index is 0.695. The second-order valence-electron chi connectivity index (χ2n) is 5.05. The lowest BCUT2D eigenvalue weighted by molar-refractivity contribution is 0.525. The molecule has 0 amide bonds. The molecule has 0 saturated carbocycles. The number of unbranched alkanes of at least 4 members (excludes halogenated alkanes) is 1. The second kappa shape index (κ2) is 5.90. The molecule has 1 aromatic rings. The largest absolute Gasteiger partial charge is 0.364 e. The van der Waals surface area contributed by atoms with Gasteiger partial charge in [0.15, 0.2) is 0 Å². The van der Waals surface area contributed by atoms with Gasteiger partial charge in [-0.2, -0.15) is 0 Å². The van der Waals surface area contributed by atoms with E-state index in [1.54, 1.807) is 0 Å². The van der Waals surface area contributed by atoms with Crippen LogP contribution in [0.4, 0.5) is 5.69 Å². The Hall–Kier alpha value is -1.24. The van der Waals surface area contributed by atoms with Crippen LogP contribution in [-0.4, -0.2) is 12.6 Å². The van der Waals surface area contributed by atoms with E-state index in [2.05, 4.69) is 55.2 Å². The molecule has 0 bridgehead atoms. The molecule has 0 N–H and O–H groups in total. The van der Waals surface area contributed by atoms with Crippen molar-refractivity contribution in [3.05, 3.63) is 42.0 Å². The maximum absolute atomic E-state index is 2.57. The zero-order valence-corrected chi connectivity index (χ0v) is 11.0. The maximum atomic E-state index is 2.57. The molecule has 0 saturated heterocycles. The maximum Gasteiger partial charge on any atom is 0.0389 e. The predicted octanol–water partition coefficient (Wildman–Crippen LogP) is 4.40. The SMILES string of the molecule is CCCCC1CC=C(C)CN1c1ccccc1. The lowest BCUT2D eigenvalue weighted by Crippen LogP contribution is -2.39. The van der Waals surface area contributed by atoms with Crippen molar-refractivity contribution in [2.24, 2.45) is 0 Å². The third-order valence-electron chi connectivity index (χ3n) is 3.58. The molecule has 0 aromatic heterocycles. The van der Waals surface area contributed by atoms with E-state index in [1.165, 1.54) is 36.9 Å². The summed E-state index contributed by atoms with van der Waals surface area (Å²) in [6.45, 7) is 5.61. The summed E-state index contributed by atoms with van der Waals surface area (Å²) in [4.78, 5) is 2.57. The van der Waals surface area contributed by atoms with Crippen molar-refractivity contribution in [3.8, 4) is 0 Å². The predicted molar refractivity (Wildman–Crippen MR) is 75.5 cm³/mol. The zero-order chi connectivity index (χ0) is 12.1. The van der Waals surface area contributed by atoms with Crippen molar-refractivity contribution in [3.63, 3.8) is 0 Å². The van der Waals surface area contributed by atoms with Gasteiger partial charge in [0.25, 0.3) is 0 Å². The molecule has 2 rings (SSSR count). The van der Waals surface area contributed by atoms with Gasteiger partial charge in [0, 0.05) is 18.3 Å². The van der Waals surface area contributed by atoms with Crippen molar-refractivity contribution in [2.45, 2.75) is 45.6 Å². The van der Waals surface area contributed by atoms with Crippen molar-refractivity contribution in [2.75, 3.05) is 11.4 Å². The lowest BCUT2D eigenvalue weighted by atomic mass is 9.98. The molecule has 1 heterocycles. The standard InChI is InChI=1S/C16H23N/c1-3-4-8-16-12-11-14(2)13-17(16)15-9-6-5-7-10-15/h5-7,9-11,16H,3-4,8,12-13H2,1-2H3. The minimum absolute atomic E-state index is 0.695. The summed E-state index contributed by atoms with van der Waals surface area (Å²) >= 11 is 0. The van der Waals surface area contributed by atoms with Crippen LogP contribution in [0.3, 0.4) is 0 Å². The molecule has 1 nitrogen and oxygen atoms in total. The smallest absolute Gasteiger partial charge is 0.0389 e. The Kier molecular flexibility index (Phi) is 4.24. The average molecular weight is 229 g/mol. The molecule has 0 radical (unpaired) electrons. The summed E-state index contributed by atoms with van der Waals surface area (Å²) in [5.74, 6) is 0. The molecule has 0 aliphatic carbocycles. The molecule has 92 valence electrons. The second-order valence-corrected chi connectivity index (χ2v) is 5.05. The first kappa shape index (κ1) is 12.2. The number of benzene rings is 1. The van der Waals surface area contributed by atoms with Crippen LogP contribution in [0.1, 0.15) is 39.5 Å². The Morgan fingerprint density at radius 2 is 2.00 bits per heavy atom. The molecule has 1 unspecified atom stereocenters. The topological polar surface area (TPSA) is 3.24 Å². The Morgan fingerprint density at radius 1 is 1.24 bits per heavy atom. The van der Waals surface area contributed by atoms with Crippen LogP contribution in [-0.2, 0) is 0 Å². The van der Waals surface area contributed by atoms with Gasteiger partial charge >= 0.3 is 0 Å². The van der Waals surface area contributed by atoms with Crippen LogP contribution in [0.5, 0.6) is 0 Å². The van der Waals surface area contributed by atoms with Gasteiger partial charge in [-0.15, -0.1) is 0 Å². The van der Waals surface area contributed by atoms with Gasteiger partial charge in [-0.05, 0) is 31.9 Å². The van der Waals surface area contributed by atoms with Gasteiger partial charge in [-0.1, -0.05) is 49.6 Å². The monoisotopic (exact) mass is 229 g/mol. The summed E-state index contributed by atoms with van der Waals surface area (Å²) in [7, 11) is 0. The van der Waals surface area contributed by atoms with E-state index in [4.69, 9.17) is 0 Å². The fourth-order valence-electron chi connectivity index (χ4n) is 2.56. The highest BCUT2D eigenvalue weighted by molar-refractivity contribution is 5.49.